The van der Waals surface area contributed by atoms with E-state index in [1.165, 1.54) is 0 Å². The first-order valence-electron chi connectivity index (χ1n) is 5.04. The van der Waals surface area contributed by atoms with Crippen molar-refractivity contribution in [3.63, 3.8) is 0 Å². The summed E-state index contributed by atoms with van der Waals surface area (Å²) in [7, 11) is 0. The molecule has 2 heterocycles. The largest absolute Gasteiger partial charge is 0.265 e. The van der Waals surface area contributed by atoms with Gasteiger partial charge in [0.25, 0.3) is 0 Å². The highest BCUT2D eigenvalue weighted by Gasteiger charge is 1.99. The van der Waals surface area contributed by atoms with Gasteiger partial charge >= 0.3 is 0 Å². The fourth-order valence-corrected chi connectivity index (χ4v) is 1.71. The van der Waals surface area contributed by atoms with Gasteiger partial charge in [0.15, 0.2) is 0 Å². The first-order chi connectivity index (χ1) is 7.93. The number of aromatic nitrogens is 3. The van der Waals surface area contributed by atoms with Gasteiger partial charge in [-0.25, -0.2) is 9.97 Å². The molecule has 0 aliphatic rings. The minimum atomic E-state index is 0.966. The molecule has 0 radical (unpaired) electrons. The first kappa shape index (κ1) is 8.97. The van der Waals surface area contributed by atoms with E-state index in [9.17, 15) is 0 Å². The molecule has 0 saturated heterocycles. The number of rotatable bonds is 1. The number of hydrogen-bond donors (Lipinski definition) is 0. The van der Waals surface area contributed by atoms with Crippen LogP contribution in [0.4, 0.5) is 0 Å². The predicted molar refractivity (Wildman–Crippen MR) is 62.8 cm³/mol. The molecule has 0 bridgehead atoms. The van der Waals surface area contributed by atoms with Crippen molar-refractivity contribution in [3.8, 4) is 11.1 Å². The monoisotopic (exact) mass is 207 g/mol. The van der Waals surface area contributed by atoms with Crippen LogP contribution in [0, 0.1) is 0 Å². The Morgan fingerprint density at radius 1 is 0.812 bits per heavy atom. The van der Waals surface area contributed by atoms with Gasteiger partial charge in [-0.05, 0) is 35.4 Å². The van der Waals surface area contributed by atoms with Gasteiger partial charge in [0.1, 0.15) is 6.33 Å². The van der Waals surface area contributed by atoms with Crippen LogP contribution in [0.15, 0.2) is 55.2 Å². The van der Waals surface area contributed by atoms with E-state index in [1.54, 1.807) is 18.7 Å². The van der Waals surface area contributed by atoms with Gasteiger partial charge in [0.05, 0.1) is 5.52 Å². The van der Waals surface area contributed by atoms with E-state index in [-0.39, 0.29) is 0 Å². The van der Waals surface area contributed by atoms with Crippen LogP contribution >= 0.6 is 0 Å². The molecule has 3 nitrogen and oxygen atoms in total. The molecule has 76 valence electrons. The second kappa shape index (κ2) is 3.70. The van der Waals surface area contributed by atoms with Crippen LogP contribution in [0.1, 0.15) is 0 Å². The molecule has 0 aliphatic heterocycles. The summed E-state index contributed by atoms with van der Waals surface area (Å²) in [6, 6.07) is 10.1. The lowest BCUT2D eigenvalue weighted by Gasteiger charge is -2.02. The molecule has 16 heavy (non-hydrogen) atoms. The van der Waals surface area contributed by atoms with Crippen LogP contribution < -0.4 is 0 Å². The highest BCUT2D eigenvalue weighted by molar-refractivity contribution is 5.83. The Hall–Kier alpha value is -2.29. The van der Waals surface area contributed by atoms with E-state index in [0.29, 0.717) is 0 Å². The zero-order chi connectivity index (χ0) is 10.8. The maximum absolute atomic E-state index is 4.19. The minimum absolute atomic E-state index is 0.966. The van der Waals surface area contributed by atoms with E-state index >= 15 is 0 Å². The molecule has 0 aliphatic carbocycles. The molecule has 0 spiro atoms. The highest BCUT2D eigenvalue weighted by atomic mass is 14.8. The third kappa shape index (κ3) is 1.52. The molecular weight excluding hydrogens is 198 g/mol. The standard InChI is InChI=1S/C13H9N3/c1-2-13-12(8-15-9-16-13)7-11(1)10-3-5-14-6-4-10/h1-9H. The predicted octanol–water partition coefficient (Wildman–Crippen LogP) is 2.69. The zero-order valence-electron chi connectivity index (χ0n) is 8.54. The molecule has 0 amide bonds. The maximum atomic E-state index is 4.19. The molecular formula is C13H9N3. The molecule has 3 rings (SSSR count). The van der Waals surface area contributed by atoms with Crippen LogP contribution in [-0.4, -0.2) is 15.0 Å². The third-order valence-corrected chi connectivity index (χ3v) is 2.52. The third-order valence-electron chi connectivity index (χ3n) is 2.52. The lowest BCUT2D eigenvalue weighted by molar-refractivity contribution is 1.22. The molecule has 3 heteroatoms. The van der Waals surface area contributed by atoms with E-state index in [0.717, 1.165) is 22.0 Å². The van der Waals surface area contributed by atoms with Gasteiger partial charge in [-0.1, -0.05) is 6.07 Å². The van der Waals surface area contributed by atoms with Gasteiger partial charge in [-0.15, -0.1) is 0 Å². The average molecular weight is 207 g/mol. The fraction of sp³-hybridized carbons (Fsp3) is 0. The molecule has 0 unspecified atom stereocenters. The van der Waals surface area contributed by atoms with Crippen LogP contribution in [0.2, 0.25) is 0 Å². The van der Waals surface area contributed by atoms with Crippen molar-refractivity contribution in [2.45, 2.75) is 0 Å². The van der Waals surface area contributed by atoms with Crippen molar-refractivity contribution in [2.24, 2.45) is 0 Å². The Morgan fingerprint density at radius 3 is 2.56 bits per heavy atom. The van der Waals surface area contributed by atoms with Crippen molar-refractivity contribution in [2.75, 3.05) is 0 Å². The zero-order valence-corrected chi connectivity index (χ0v) is 8.54. The Kier molecular flexibility index (Phi) is 2.07. The summed E-state index contributed by atoms with van der Waals surface area (Å²) in [4.78, 5) is 12.2. The summed E-state index contributed by atoms with van der Waals surface area (Å²) in [6.07, 6.45) is 6.98. The average Bonchev–Trinajstić information content (AvgIpc) is 2.39. The summed E-state index contributed by atoms with van der Waals surface area (Å²) < 4.78 is 0. The summed E-state index contributed by atoms with van der Waals surface area (Å²) >= 11 is 0. The van der Waals surface area contributed by atoms with Gasteiger partial charge in [-0.3, -0.25) is 4.98 Å². The molecule has 0 N–H and O–H groups in total. The second-order valence-corrected chi connectivity index (χ2v) is 3.53. The number of nitrogens with zero attached hydrogens (tertiary/aromatic N) is 3. The summed E-state index contributed by atoms with van der Waals surface area (Å²) in [5.74, 6) is 0. The van der Waals surface area contributed by atoms with Crippen LogP contribution in [-0.2, 0) is 0 Å². The topological polar surface area (TPSA) is 38.7 Å². The van der Waals surface area contributed by atoms with Crippen molar-refractivity contribution in [1.29, 1.82) is 0 Å². The van der Waals surface area contributed by atoms with Crippen LogP contribution in [0.3, 0.4) is 0 Å². The normalized spacial score (nSPS) is 10.5. The summed E-state index contributed by atoms with van der Waals surface area (Å²) in [6.45, 7) is 0. The number of benzene rings is 1. The van der Waals surface area contributed by atoms with Gasteiger partial charge in [0, 0.05) is 24.0 Å². The number of fused-ring (bicyclic) bond motifs is 1. The Balaban J connectivity index is 2.19. The Morgan fingerprint density at radius 2 is 1.69 bits per heavy atom. The quantitative estimate of drug-likeness (QED) is 0.615. The lowest BCUT2D eigenvalue weighted by atomic mass is 10.1. The SMILES string of the molecule is c1cc(-c2ccc3ncncc3c2)ccn1. The van der Waals surface area contributed by atoms with Crippen molar-refractivity contribution < 1.29 is 0 Å². The van der Waals surface area contributed by atoms with Crippen molar-refractivity contribution in [3.05, 3.63) is 55.2 Å². The number of hydrogen-bond acceptors (Lipinski definition) is 3. The molecule has 2 aromatic heterocycles. The molecule has 1 aromatic carbocycles. The second-order valence-electron chi connectivity index (χ2n) is 3.53. The maximum Gasteiger partial charge on any atom is 0.116 e. The van der Waals surface area contributed by atoms with Gasteiger partial charge < -0.3 is 0 Å². The molecule has 0 saturated carbocycles. The Bertz CT molecular complexity index is 620. The lowest BCUT2D eigenvalue weighted by Crippen LogP contribution is -1.83. The van der Waals surface area contributed by atoms with E-state index in [4.69, 9.17) is 0 Å². The minimum Gasteiger partial charge on any atom is -0.265 e. The Labute approximate surface area is 92.8 Å². The molecule has 0 atom stereocenters. The summed E-state index contributed by atoms with van der Waals surface area (Å²) in [5.41, 5.74) is 3.28. The van der Waals surface area contributed by atoms with Gasteiger partial charge in [0.2, 0.25) is 0 Å². The summed E-state index contributed by atoms with van der Waals surface area (Å²) in [5, 5.41) is 1.05. The van der Waals surface area contributed by atoms with E-state index in [2.05, 4.69) is 27.1 Å². The number of pyridine rings is 1. The van der Waals surface area contributed by atoms with E-state index in [1.807, 2.05) is 24.4 Å². The highest BCUT2D eigenvalue weighted by Crippen LogP contribution is 2.22. The first-order valence-corrected chi connectivity index (χ1v) is 5.04. The van der Waals surface area contributed by atoms with Crippen LogP contribution in [0.5, 0.6) is 0 Å². The van der Waals surface area contributed by atoms with Gasteiger partial charge in [-0.2, -0.15) is 0 Å². The van der Waals surface area contributed by atoms with Crippen LogP contribution in [0.25, 0.3) is 22.0 Å². The van der Waals surface area contributed by atoms with E-state index < -0.39 is 0 Å². The molecule has 3 aromatic rings. The van der Waals surface area contributed by atoms with Crippen molar-refractivity contribution >= 4 is 10.9 Å². The fourth-order valence-electron chi connectivity index (χ4n) is 1.71. The van der Waals surface area contributed by atoms with Crippen molar-refractivity contribution in [1.82, 2.24) is 15.0 Å². The molecule has 0 fully saturated rings. The smallest absolute Gasteiger partial charge is 0.116 e.